The number of nitrogens with one attached hydrogen (secondary N) is 1. The number of aromatic nitrogens is 1. The Kier molecular flexibility index (Phi) is 5.91. The second kappa shape index (κ2) is 8.34. The van der Waals surface area contributed by atoms with Gasteiger partial charge in [-0.05, 0) is 49.9 Å². The molecule has 6 heteroatoms. The molecule has 1 aliphatic rings. The number of thiazole rings is 1. The Hall–Kier alpha value is -2.08. The van der Waals surface area contributed by atoms with Gasteiger partial charge in [0.05, 0.1) is 12.8 Å². The smallest absolute Gasteiger partial charge is 0.183 e. The molecule has 0 aliphatic heterocycles. The van der Waals surface area contributed by atoms with Crippen LogP contribution in [-0.2, 0) is 11.2 Å². The lowest BCUT2D eigenvalue weighted by Crippen LogP contribution is -2.22. The SMILES string of the molecule is COc1ccc(-c2nc(NC3CCCCC3)sc2CCC(=O)[O-])cc1. The van der Waals surface area contributed by atoms with Gasteiger partial charge in [-0.25, -0.2) is 4.98 Å². The second-order valence-corrected chi connectivity index (χ2v) is 7.45. The molecule has 0 spiro atoms. The van der Waals surface area contributed by atoms with Gasteiger partial charge in [-0.3, -0.25) is 0 Å². The van der Waals surface area contributed by atoms with Crippen LogP contribution in [0, 0.1) is 0 Å². The summed E-state index contributed by atoms with van der Waals surface area (Å²) in [6, 6.07) is 8.18. The molecule has 0 bridgehead atoms. The van der Waals surface area contributed by atoms with Crippen LogP contribution in [0.15, 0.2) is 24.3 Å². The Bertz CT molecular complexity index is 706. The van der Waals surface area contributed by atoms with Crippen molar-refractivity contribution in [2.45, 2.75) is 51.0 Å². The predicted molar refractivity (Wildman–Crippen MR) is 97.9 cm³/mol. The number of aliphatic carboxylic acids is 1. The highest BCUT2D eigenvalue weighted by molar-refractivity contribution is 7.16. The molecule has 0 amide bonds. The summed E-state index contributed by atoms with van der Waals surface area (Å²) in [6.07, 6.45) is 6.61. The van der Waals surface area contributed by atoms with Crippen molar-refractivity contribution in [3.63, 3.8) is 0 Å². The van der Waals surface area contributed by atoms with E-state index in [0.29, 0.717) is 12.5 Å². The number of nitrogens with zero attached hydrogens (tertiary/aromatic N) is 1. The molecule has 1 heterocycles. The third-order valence-electron chi connectivity index (χ3n) is 4.55. The molecular formula is C19H23N2O3S-. The lowest BCUT2D eigenvalue weighted by Gasteiger charge is -2.22. The zero-order chi connectivity index (χ0) is 17.6. The van der Waals surface area contributed by atoms with Crippen molar-refractivity contribution in [1.29, 1.82) is 0 Å². The van der Waals surface area contributed by atoms with Crippen molar-refractivity contribution in [2.75, 3.05) is 12.4 Å². The molecular weight excluding hydrogens is 336 g/mol. The standard InChI is InChI=1S/C19H24N2O3S/c1-24-15-9-7-13(8-10-15)18-16(11-12-17(22)23)25-19(21-18)20-14-5-3-2-4-6-14/h7-10,14H,2-6,11-12H2,1H3,(H,20,21)(H,22,23)/p-1. The highest BCUT2D eigenvalue weighted by Crippen LogP contribution is 2.34. The molecule has 1 aromatic heterocycles. The first kappa shape index (κ1) is 17.7. The molecule has 0 radical (unpaired) electrons. The van der Waals surface area contributed by atoms with Crippen molar-refractivity contribution in [3.8, 4) is 17.0 Å². The summed E-state index contributed by atoms with van der Waals surface area (Å²) in [5, 5.41) is 15.3. The van der Waals surface area contributed by atoms with E-state index in [0.717, 1.165) is 27.0 Å². The number of aryl methyl sites for hydroxylation is 1. The number of carboxylic acid groups (broad SMARTS) is 1. The normalized spacial score (nSPS) is 15.1. The van der Waals surface area contributed by atoms with Gasteiger partial charge in [-0.15, -0.1) is 11.3 Å². The highest BCUT2D eigenvalue weighted by Gasteiger charge is 2.18. The molecule has 1 aliphatic carbocycles. The average Bonchev–Trinajstić information content (AvgIpc) is 3.03. The Morgan fingerprint density at radius 1 is 1.28 bits per heavy atom. The van der Waals surface area contributed by atoms with Gasteiger partial charge in [0, 0.05) is 22.5 Å². The van der Waals surface area contributed by atoms with Crippen molar-refractivity contribution >= 4 is 22.4 Å². The van der Waals surface area contributed by atoms with Crippen LogP contribution in [0.3, 0.4) is 0 Å². The van der Waals surface area contributed by atoms with E-state index < -0.39 is 5.97 Å². The molecule has 5 nitrogen and oxygen atoms in total. The van der Waals surface area contributed by atoms with E-state index in [4.69, 9.17) is 9.72 Å². The first-order valence-electron chi connectivity index (χ1n) is 8.76. The molecule has 134 valence electrons. The minimum atomic E-state index is -1.03. The largest absolute Gasteiger partial charge is 0.550 e. The minimum Gasteiger partial charge on any atom is -0.550 e. The van der Waals surface area contributed by atoms with E-state index in [1.54, 1.807) is 18.4 Å². The van der Waals surface area contributed by atoms with E-state index in [2.05, 4.69) is 5.32 Å². The fourth-order valence-corrected chi connectivity index (χ4v) is 4.25. The maximum atomic E-state index is 10.9. The Balaban J connectivity index is 1.83. The van der Waals surface area contributed by atoms with Crippen LogP contribution in [0.2, 0.25) is 0 Å². The van der Waals surface area contributed by atoms with Crippen LogP contribution in [0.25, 0.3) is 11.3 Å². The van der Waals surface area contributed by atoms with Crippen LogP contribution in [0.1, 0.15) is 43.4 Å². The van der Waals surface area contributed by atoms with E-state index in [9.17, 15) is 9.90 Å². The fraction of sp³-hybridized carbons (Fsp3) is 0.474. The van der Waals surface area contributed by atoms with Gasteiger partial charge >= 0.3 is 0 Å². The van der Waals surface area contributed by atoms with Crippen LogP contribution >= 0.6 is 11.3 Å². The number of rotatable bonds is 7. The summed E-state index contributed by atoms with van der Waals surface area (Å²) in [6.45, 7) is 0. The number of hydrogen-bond acceptors (Lipinski definition) is 6. The Morgan fingerprint density at radius 3 is 2.64 bits per heavy atom. The van der Waals surface area contributed by atoms with E-state index in [-0.39, 0.29) is 6.42 Å². The first-order chi connectivity index (χ1) is 12.2. The molecule has 1 saturated carbocycles. The van der Waals surface area contributed by atoms with Gasteiger partial charge in [0.2, 0.25) is 0 Å². The van der Waals surface area contributed by atoms with E-state index in [1.165, 1.54) is 32.1 Å². The van der Waals surface area contributed by atoms with Gasteiger partial charge in [-0.2, -0.15) is 0 Å². The summed E-state index contributed by atoms with van der Waals surface area (Å²) < 4.78 is 5.20. The van der Waals surface area contributed by atoms with Gasteiger partial charge in [0.15, 0.2) is 5.13 Å². The van der Waals surface area contributed by atoms with Gasteiger partial charge in [0.25, 0.3) is 0 Å². The molecule has 1 fully saturated rings. The quantitative estimate of drug-likeness (QED) is 0.821. The summed E-state index contributed by atoms with van der Waals surface area (Å²) in [7, 11) is 1.63. The minimum absolute atomic E-state index is 0.00815. The Morgan fingerprint density at radius 2 is 2.00 bits per heavy atom. The predicted octanol–water partition coefficient (Wildman–Crippen LogP) is 3.25. The maximum Gasteiger partial charge on any atom is 0.183 e. The van der Waals surface area contributed by atoms with Crippen LogP contribution < -0.4 is 15.2 Å². The van der Waals surface area contributed by atoms with Crippen molar-refractivity contribution in [1.82, 2.24) is 4.98 Å². The zero-order valence-electron chi connectivity index (χ0n) is 14.4. The molecule has 1 N–H and O–H groups in total. The summed E-state index contributed by atoms with van der Waals surface area (Å²) in [4.78, 5) is 16.6. The Labute approximate surface area is 152 Å². The third-order valence-corrected chi connectivity index (χ3v) is 5.60. The summed E-state index contributed by atoms with van der Waals surface area (Å²) in [5.74, 6) is -0.244. The number of carbonyl (C=O) groups excluding carboxylic acids is 1. The number of carbonyl (C=O) groups is 1. The zero-order valence-corrected chi connectivity index (χ0v) is 15.2. The molecule has 1 aromatic carbocycles. The molecule has 2 aromatic rings. The van der Waals surface area contributed by atoms with Gasteiger partial charge in [-0.1, -0.05) is 19.3 Å². The number of ether oxygens (including phenoxy) is 1. The molecule has 25 heavy (non-hydrogen) atoms. The first-order valence-corrected chi connectivity index (χ1v) is 9.58. The van der Waals surface area contributed by atoms with Crippen LogP contribution in [-0.4, -0.2) is 24.1 Å². The molecule has 3 rings (SSSR count). The molecule has 0 saturated heterocycles. The number of hydrogen-bond donors (Lipinski definition) is 1. The van der Waals surface area contributed by atoms with E-state index >= 15 is 0 Å². The lowest BCUT2D eigenvalue weighted by molar-refractivity contribution is -0.305. The van der Waals surface area contributed by atoms with Gasteiger partial charge < -0.3 is 20.0 Å². The monoisotopic (exact) mass is 359 g/mol. The van der Waals surface area contributed by atoms with E-state index in [1.807, 2.05) is 24.3 Å². The molecule has 0 atom stereocenters. The summed E-state index contributed by atoms with van der Waals surface area (Å²) >= 11 is 1.56. The number of methoxy groups -OCH3 is 1. The topological polar surface area (TPSA) is 74.3 Å². The third kappa shape index (κ3) is 4.72. The number of benzene rings is 1. The maximum absolute atomic E-state index is 10.9. The van der Waals surface area contributed by atoms with Crippen LogP contribution in [0.4, 0.5) is 5.13 Å². The fourth-order valence-electron chi connectivity index (χ4n) is 3.19. The van der Waals surface area contributed by atoms with Gasteiger partial charge in [0.1, 0.15) is 5.75 Å². The summed E-state index contributed by atoms with van der Waals surface area (Å²) in [5.41, 5.74) is 1.83. The molecule has 0 unspecified atom stereocenters. The second-order valence-electron chi connectivity index (χ2n) is 6.37. The lowest BCUT2D eigenvalue weighted by atomic mass is 9.96. The van der Waals surface area contributed by atoms with Crippen molar-refractivity contribution in [3.05, 3.63) is 29.1 Å². The number of anilines is 1. The number of carboxylic acids is 1. The van der Waals surface area contributed by atoms with Crippen molar-refractivity contribution < 1.29 is 14.6 Å². The highest BCUT2D eigenvalue weighted by atomic mass is 32.1. The average molecular weight is 359 g/mol. The van der Waals surface area contributed by atoms with Crippen molar-refractivity contribution in [2.24, 2.45) is 0 Å². The van der Waals surface area contributed by atoms with Crippen LogP contribution in [0.5, 0.6) is 5.75 Å².